The van der Waals surface area contributed by atoms with Crippen molar-refractivity contribution in [2.45, 2.75) is 64.5 Å². The van der Waals surface area contributed by atoms with Crippen LogP contribution in [-0.2, 0) is 13.0 Å². The summed E-state index contributed by atoms with van der Waals surface area (Å²) < 4.78 is 51.7. The molecule has 3 aliphatic heterocycles. The number of anilines is 1. The van der Waals surface area contributed by atoms with Gasteiger partial charge in [-0.1, -0.05) is 18.2 Å². The van der Waals surface area contributed by atoms with Gasteiger partial charge in [-0.05, 0) is 81.2 Å². The second-order valence-electron chi connectivity index (χ2n) is 11.2. The Morgan fingerprint density at radius 2 is 1.71 bits per heavy atom. The van der Waals surface area contributed by atoms with E-state index < -0.39 is 18.1 Å². The van der Waals surface area contributed by atoms with Crippen LogP contribution in [0.3, 0.4) is 0 Å². The van der Waals surface area contributed by atoms with Gasteiger partial charge in [0.2, 0.25) is 0 Å². The Balaban J connectivity index is 0.000000156. The first-order chi connectivity index (χ1) is 18.3. The van der Waals surface area contributed by atoms with Crippen molar-refractivity contribution in [1.82, 2.24) is 15.2 Å². The van der Waals surface area contributed by atoms with Crippen LogP contribution >= 0.6 is 0 Å². The molecule has 1 spiro atoms. The van der Waals surface area contributed by atoms with Gasteiger partial charge in [0.1, 0.15) is 11.6 Å². The molecule has 0 aliphatic carbocycles. The molecule has 0 saturated carbocycles. The summed E-state index contributed by atoms with van der Waals surface area (Å²) >= 11 is 0. The van der Waals surface area contributed by atoms with Crippen molar-refractivity contribution in [1.29, 1.82) is 0 Å². The normalized spacial score (nSPS) is 21.7. The Labute approximate surface area is 222 Å². The van der Waals surface area contributed by atoms with Gasteiger partial charge in [0.05, 0.1) is 6.54 Å². The maximum absolute atomic E-state index is 13.3. The van der Waals surface area contributed by atoms with Crippen molar-refractivity contribution in [2.24, 2.45) is 5.41 Å². The third kappa shape index (κ3) is 6.18. The van der Waals surface area contributed by atoms with Gasteiger partial charge < -0.3 is 15.2 Å². The van der Waals surface area contributed by atoms with Crippen LogP contribution in [-0.4, -0.2) is 55.1 Å². The van der Waals surface area contributed by atoms with Crippen LogP contribution in [0.2, 0.25) is 0 Å². The van der Waals surface area contributed by atoms with Crippen molar-refractivity contribution >= 4 is 16.6 Å². The molecule has 1 unspecified atom stereocenters. The maximum atomic E-state index is 13.3. The minimum atomic E-state index is -2.27. The fourth-order valence-electron chi connectivity index (χ4n) is 6.56. The number of aromatic amines is 1. The van der Waals surface area contributed by atoms with E-state index in [2.05, 4.69) is 21.3 Å². The number of H-pyrrole nitrogens is 1. The highest BCUT2D eigenvalue weighted by molar-refractivity contribution is 5.84. The molecule has 1 atom stereocenters. The fraction of sp³-hybridized carbons (Fsp3) is 0.533. The molecule has 2 saturated heterocycles. The van der Waals surface area contributed by atoms with E-state index in [0.717, 1.165) is 62.7 Å². The highest BCUT2D eigenvalue weighted by Crippen LogP contribution is 2.38. The van der Waals surface area contributed by atoms with E-state index in [-0.39, 0.29) is 12.6 Å². The number of aromatic nitrogens is 1. The molecule has 6 rings (SSSR count). The highest BCUT2D eigenvalue weighted by Gasteiger charge is 2.34. The van der Waals surface area contributed by atoms with E-state index in [9.17, 15) is 17.6 Å². The first-order valence-electron chi connectivity index (χ1n) is 13.8. The maximum Gasteiger partial charge on any atom is 0.251 e. The summed E-state index contributed by atoms with van der Waals surface area (Å²) in [5.74, 6) is -0.975. The number of alkyl halides is 2. The molecule has 38 heavy (non-hydrogen) atoms. The molecule has 3 aromatic rings. The second kappa shape index (κ2) is 11.7. The molecule has 2 fully saturated rings. The molecule has 0 amide bonds. The first-order valence-corrected chi connectivity index (χ1v) is 13.8. The smallest absolute Gasteiger partial charge is 0.251 e. The lowest BCUT2D eigenvalue weighted by atomic mass is 9.77. The topological polar surface area (TPSA) is 34.3 Å². The standard InChI is InChI=1S/C16H22F2N2.C14H16F2N2/c17-13-9-14(18)11-15(10-13)20-7-1-3-16(4-2-8-20)5-6-19-12-16;1-9-6-11-10-4-2-3-5-12(10)17-13(11)7-18(9)8-14(15)16/h9-11,19H,1-8,12H2;2-5,9,14,17H,6-8H2,1H3. The van der Waals surface area contributed by atoms with E-state index in [1.54, 1.807) is 0 Å². The van der Waals surface area contributed by atoms with Gasteiger partial charge in [-0.15, -0.1) is 0 Å². The fourth-order valence-corrected chi connectivity index (χ4v) is 6.56. The summed E-state index contributed by atoms with van der Waals surface area (Å²) in [6.07, 6.45) is 4.48. The van der Waals surface area contributed by atoms with E-state index in [1.165, 1.54) is 42.3 Å². The number of fused-ring (bicyclic) bond motifs is 3. The molecule has 8 heteroatoms. The number of nitrogens with zero attached hydrogens (tertiary/aromatic N) is 2. The summed E-state index contributed by atoms with van der Waals surface area (Å²) in [5, 5.41) is 4.71. The zero-order valence-electron chi connectivity index (χ0n) is 22.1. The number of hydrogen-bond acceptors (Lipinski definition) is 3. The Bertz CT molecular complexity index is 1190. The molecule has 1 aromatic heterocycles. The second-order valence-corrected chi connectivity index (χ2v) is 11.2. The average molecular weight is 531 g/mol. The van der Waals surface area contributed by atoms with Gasteiger partial charge in [0.15, 0.2) is 0 Å². The van der Waals surface area contributed by atoms with Crippen molar-refractivity contribution in [3.63, 3.8) is 0 Å². The monoisotopic (exact) mass is 530 g/mol. The van der Waals surface area contributed by atoms with Gasteiger partial charge >= 0.3 is 0 Å². The van der Waals surface area contributed by atoms with Crippen molar-refractivity contribution < 1.29 is 17.6 Å². The largest absolute Gasteiger partial charge is 0.371 e. The van der Waals surface area contributed by atoms with Crippen LogP contribution in [0.4, 0.5) is 23.2 Å². The Kier molecular flexibility index (Phi) is 8.29. The summed E-state index contributed by atoms with van der Waals surface area (Å²) in [6, 6.07) is 12.1. The predicted molar refractivity (Wildman–Crippen MR) is 145 cm³/mol. The predicted octanol–water partition coefficient (Wildman–Crippen LogP) is 6.50. The Hall–Kier alpha value is -2.58. The zero-order valence-corrected chi connectivity index (χ0v) is 22.1. The third-order valence-corrected chi connectivity index (χ3v) is 8.57. The van der Waals surface area contributed by atoms with Crippen LogP contribution in [0.15, 0.2) is 42.5 Å². The van der Waals surface area contributed by atoms with E-state index in [0.29, 0.717) is 17.6 Å². The van der Waals surface area contributed by atoms with E-state index in [4.69, 9.17) is 0 Å². The lowest BCUT2D eigenvalue weighted by Gasteiger charge is -2.35. The van der Waals surface area contributed by atoms with Gasteiger partial charge in [-0.2, -0.15) is 0 Å². The number of halogens is 4. The molecule has 206 valence electrons. The van der Waals surface area contributed by atoms with Gasteiger partial charge in [-0.25, -0.2) is 17.6 Å². The highest BCUT2D eigenvalue weighted by atomic mass is 19.3. The van der Waals surface area contributed by atoms with Crippen molar-refractivity contribution in [2.75, 3.05) is 37.6 Å². The van der Waals surface area contributed by atoms with Gasteiger partial charge in [-0.3, -0.25) is 4.90 Å². The molecule has 3 aliphatic rings. The van der Waals surface area contributed by atoms with Crippen LogP contribution in [0.25, 0.3) is 10.9 Å². The molecule has 2 N–H and O–H groups in total. The molecular formula is C30H38F4N4. The summed E-state index contributed by atoms with van der Waals surface area (Å²) in [6.45, 7) is 6.54. The summed E-state index contributed by atoms with van der Waals surface area (Å²) in [7, 11) is 0. The van der Waals surface area contributed by atoms with Crippen LogP contribution < -0.4 is 10.2 Å². The zero-order chi connectivity index (χ0) is 26.7. The van der Waals surface area contributed by atoms with Crippen molar-refractivity contribution in [3.8, 4) is 0 Å². The van der Waals surface area contributed by atoms with Crippen LogP contribution in [0.5, 0.6) is 0 Å². The molecular weight excluding hydrogens is 492 g/mol. The van der Waals surface area contributed by atoms with Crippen molar-refractivity contribution in [3.05, 3.63) is 65.4 Å². The SMILES string of the molecule is CC1Cc2c([nH]c3ccccc23)CN1CC(F)F.Fc1cc(F)cc(N2CCCC3(CCC2)CCNC3)c1. The number of hydrogen-bond donors (Lipinski definition) is 2. The first kappa shape index (κ1) is 27.0. The van der Waals surface area contributed by atoms with Crippen LogP contribution in [0.1, 0.15) is 50.3 Å². The number of benzene rings is 2. The van der Waals surface area contributed by atoms with Crippen LogP contribution in [0, 0.1) is 17.0 Å². The minimum Gasteiger partial charge on any atom is -0.371 e. The molecule has 2 aromatic carbocycles. The lowest BCUT2D eigenvalue weighted by Crippen LogP contribution is -2.40. The van der Waals surface area contributed by atoms with Gasteiger partial charge in [0.25, 0.3) is 6.43 Å². The Morgan fingerprint density at radius 3 is 2.37 bits per heavy atom. The third-order valence-electron chi connectivity index (χ3n) is 8.57. The number of rotatable bonds is 3. The Morgan fingerprint density at radius 1 is 1.00 bits per heavy atom. The summed E-state index contributed by atoms with van der Waals surface area (Å²) in [4.78, 5) is 7.33. The lowest BCUT2D eigenvalue weighted by molar-refractivity contribution is 0.0597. The quantitative estimate of drug-likeness (QED) is 0.379. The molecule has 0 bridgehead atoms. The van der Waals surface area contributed by atoms with E-state index in [1.807, 2.05) is 30.0 Å². The van der Waals surface area contributed by atoms with Gasteiger partial charge in [0, 0.05) is 60.6 Å². The molecule has 4 nitrogen and oxygen atoms in total. The number of nitrogens with one attached hydrogen (secondary N) is 2. The summed E-state index contributed by atoms with van der Waals surface area (Å²) in [5.41, 5.74) is 4.66. The van der Waals surface area contributed by atoms with E-state index >= 15 is 0 Å². The molecule has 4 heterocycles. The molecule has 0 radical (unpaired) electrons. The average Bonchev–Trinajstić information content (AvgIpc) is 3.46. The minimum absolute atomic E-state index is 0.143. The number of para-hydroxylation sites is 1.